The third kappa shape index (κ3) is 4.74. The molecule has 0 bridgehead atoms. The summed E-state index contributed by atoms with van der Waals surface area (Å²) in [6.45, 7) is 1.12. The molecule has 7 nitrogen and oxygen atoms in total. The van der Waals surface area contributed by atoms with Crippen molar-refractivity contribution in [3.05, 3.63) is 52.1 Å². The fraction of sp³-hybridized carbons (Fsp3) is 0.200. The van der Waals surface area contributed by atoms with Crippen LogP contribution in [0.5, 0.6) is 0 Å². The van der Waals surface area contributed by atoms with E-state index in [1.165, 1.54) is 17.0 Å². The zero-order valence-corrected chi connectivity index (χ0v) is 16.5. The van der Waals surface area contributed by atoms with Crippen LogP contribution in [-0.2, 0) is 0 Å². The Labute approximate surface area is 183 Å². The molecule has 1 N–H and O–H groups in total. The molecule has 3 radical (unpaired) electrons. The summed E-state index contributed by atoms with van der Waals surface area (Å²) in [6.07, 6.45) is 0.865. The fourth-order valence-electron chi connectivity index (χ4n) is 2.24. The fourth-order valence-corrected chi connectivity index (χ4v) is 2.24. The molecule has 3 rings (SSSR count). The van der Waals surface area contributed by atoms with Crippen molar-refractivity contribution in [2.24, 2.45) is 0 Å². The van der Waals surface area contributed by atoms with Gasteiger partial charge >= 0.3 is 11.7 Å². The van der Waals surface area contributed by atoms with Gasteiger partial charge in [-0.15, -0.1) is 0 Å². The van der Waals surface area contributed by atoms with E-state index in [0.717, 1.165) is 18.6 Å². The number of nitrogens with zero attached hydrogens (tertiary/aromatic N) is 3. The van der Waals surface area contributed by atoms with E-state index in [0.29, 0.717) is 19.2 Å². The van der Waals surface area contributed by atoms with Gasteiger partial charge in [0.05, 0.1) is 10.6 Å². The second-order valence-corrected chi connectivity index (χ2v) is 5.22. The van der Waals surface area contributed by atoms with E-state index in [1.54, 1.807) is 0 Å². The van der Waals surface area contributed by atoms with E-state index in [4.69, 9.17) is 0 Å². The maximum Gasteiger partial charge on any atom is 0.323 e. The summed E-state index contributed by atoms with van der Waals surface area (Å²) >= 11 is 0. The number of nitro groups is 1. The van der Waals surface area contributed by atoms with Gasteiger partial charge < -0.3 is 4.90 Å². The summed E-state index contributed by atoms with van der Waals surface area (Å²) in [5.74, 6) is -1.88. The third-order valence-corrected chi connectivity index (χ3v) is 3.65. The van der Waals surface area contributed by atoms with Crippen molar-refractivity contribution < 1.29 is 60.2 Å². The van der Waals surface area contributed by atoms with Crippen molar-refractivity contribution in [3.8, 4) is 11.3 Å². The minimum absolute atomic E-state index is 0. The number of rotatable bonds is 3. The molecule has 0 aliphatic carbocycles. The number of aromatic nitrogens is 1. The number of benzene rings is 1. The minimum atomic E-state index is -0.851. The molecule has 1 aromatic carbocycles. The van der Waals surface area contributed by atoms with Crippen molar-refractivity contribution in [2.45, 2.75) is 6.42 Å². The third-order valence-electron chi connectivity index (χ3n) is 3.65. The van der Waals surface area contributed by atoms with E-state index in [1.807, 2.05) is 0 Å². The second-order valence-electron chi connectivity index (χ2n) is 5.22. The Bertz CT molecular complexity index is 837. The predicted molar refractivity (Wildman–Crippen MR) is 87.2 cm³/mol. The van der Waals surface area contributed by atoms with Gasteiger partial charge in [0.15, 0.2) is 0 Å². The van der Waals surface area contributed by atoms with Crippen LogP contribution in [0.15, 0.2) is 30.3 Å². The van der Waals surface area contributed by atoms with E-state index >= 15 is 0 Å². The summed E-state index contributed by atoms with van der Waals surface area (Å²) in [6, 6.07) is 4.79. The van der Waals surface area contributed by atoms with Crippen molar-refractivity contribution in [2.75, 3.05) is 18.4 Å². The number of urea groups is 1. The van der Waals surface area contributed by atoms with Crippen molar-refractivity contribution in [1.29, 1.82) is 0 Å². The zero-order valence-electron chi connectivity index (χ0n) is 13.4. The quantitative estimate of drug-likeness (QED) is 0.412. The van der Waals surface area contributed by atoms with Crippen LogP contribution in [0.25, 0.3) is 11.3 Å². The Kier molecular flexibility index (Phi) is 8.03. The van der Waals surface area contributed by atoms with Crippen molar-refractivity contribution in [3.63, 3.8) is 0 Å². The number of carbonyl (C=O) groups excluding carboxylic acids is 1. The van der Waals surface area contributed by atoms with Gasteiger partial charge in [-0.3, -0.25) is 15.4 Å². The number of nitrogens with one attached hydrogen (secondary N) is 1. The molecule has 11 heteroatoms. The number of carbonyl (C=O) groups is 1. The van der Waals surface area contributed by atoms with Crippen LogP contribution in [-0.4, -0.2) is 42.3 Å². The van der Waals surface area contributed by atoms with Crippen LogP contribution in [0.3, 0.4) is 0 Å². The van der Waals surface area contributed by atoms with Crippen LogP contribution in [0.2, 0.25) is 0 Å². The number of likely N-dealkylation sites (tertiary alicyclic amines) is 1. The first-order chi connectivity index (χ1) is 11.5. The number of pyridine rings is 1. The van der Waals surface area contributed by atoms with Crippen LogP contribution in [0, 0.1) is 63.5 Å². The Morgan fingerprint density at radius 1 is 1.23 bits per heavy atom. The Morgan fingerprint density at radius 3 is 2.46 bits per heavy atom. The molecule has 2 aromatic rings. The molecule has 1 aromatic heterocycles. The van der Waals surface area contributed by atoms with E-state index in [2.05, 4.69) is 10.3 Å². The molecule has 0 atom stereocenters. The maximum absolute atomic E-state index is 13.9. The number of amides is 2. The maximum atomic E-state index is 13.9. The molecular weight excluding hydrogens is 473 g/mol. The molecule has 2 heterocycles. The Hall–Kier alpha value is -1.66. The normalized spacial score (nSPS) is 12.3. The first kappa shape index (κ1) is 22.4. The molecule has 0 saturated carbocycles. The minimum Gasteiger partial charge on any atom is -0.324 e. The smallest absolute Gasteiger partial charge is 0.323 e. The predicted octanol–water partition coefficient (Wildman–Crippen LogP) is 2.79. The standard InChI is InChI=1S/C15H12F2N4O3.B.Ce/c16-9-2-3-10(11(17)8-9)12-4-5-13(21(23)24)14(18-12)19-15(22)20-6-1-7-20;;/h2-5,8H,1,6-7H2,(H,18,19,22);;. The van der Waals surface area contributed by atoms with Gasteiger partial charge in [0.2, 0.25) is 5.82 Å². The zero-order chi connectivity index (χ0) is 17.3. The van der Waals surface area contributed by atoms with Gasteiger partial charge in [-0.05, 0) is 24.6 Å². The largest absolute Gasteiger partial charge is 0.324 e. The van der Waals surface area contributed by atoms with Crippen LogP contribution < -0.4 is 5.32 Å². The van der Waals surface area contributed by atoms with Gasteiger partial charge in [-0.2, -0.15) is 0 Å². The van der Waals surface area contributed by atoms with Crippen LogP contribution in [0.4, 0.5) is 25.1 Å². The Morgan fingerprint density at radius 2 is 1.92 bits per heavy atom. The molecule has 131 valence electrons. The number of anilines is 1. The molecule has 1 saturated heterocycles. The monoisotopic (exact) mass is 485 g/mol. The SMILES string of the molecule is O=C(Nc1nc(-c2ccc(F)cc2F)ccc1[N+](=O)[O-])N1CCC1.[B].[Ce]. The van der Waals surface area contributed by atoms with Gasteiger partial charge in [0.1, 0.15) is 11.6 Å². The first-order valence-corrected chi connectivity index (χ1v) is 7.12. The summed E-state index contributed by atoms with van der Waals surface area (Å²) in [5, 5.41) is 13.5. The molecule has 2 amide bonds. The summed E-state index contributed by atoms with van der Waals surface area (Å²) in [5.41, 5.74) is -0.377. The average molecular weight is 485 g/mol. The summed E-state index contributed by atoms with van der Waals surface area (Å²) < 4.78 is 26.9. The number of hydrogen-bond donors (Lipinski definition) is 1. The van der Waals surface area contributed by atoms with E-state index in [9.17, 15) is 23.7 Å². The Balaban J connectivity index is 0.00000169. The molecule has 0 spiro atoms. The molecular formula is C15H12BCeF2N4O3. The van der Waals surface area contributed by atoms with E-state index < -0.39 is 28.3 Å². The molecule has 26 heavy (non-hydrogen) atoms. The second kappa shape index (κ2) is 9.33. The topological polar surface area (TPSA) is 88.4 Å². The molecule has 1 fully saturated rings. The molecule has 0 unspecified atom stereocenters. The van der Waals surface area contributed by atoms with Gasteiger partial charge in [0.25, 0.3) is 0 Å². The van der Waals surface area contributed by atoms with Gasteiger partial charge in [-0.1, -0.05) is 0 Å². The van der Waals surface area contributed by atoms with Crippen molar-refractivity contribution in [1.82, 2.24) is 9.88 Å². The summed E-state index contributed by atoms with van der Waals surface area (Å²) in [7, 11) is 0. The van der Waals surface area contributed by atoms with Crippen LogP contribution in [0.1, 0.15) is 6.42 Å². The average Bonchev–Trinajstić information content (AvgIpc) is 2.44. The number of hydrogen-bond acceptors (Lipinski definition) is 4. The van der Waals surface area contributed by atoms with Crippen LogP contribution >= 0.6 is 0 Å². The van der Waals surface area contributed by atoms with Gasteiger partial charge in [-0.25, -0.2) is 18.6 Å². The van der Waals surface area contributed by atoms with Crippen molar-refractivity contribution >= 4 is 25.9 Å². The van der Waals surface area contributed by atoms with Gasteiger partial charge in [0, 0.05) is 80.9 Å². The van der Waals surface area contributed by atoms with E-state index in [-0.39, 0.29) is 67.2 Å². The molecule has 1 aliphatic heterocycles. The molecule has 1 aliphatic rings. The number of halogens is 2. The summed E-state index contributed by atoms with van der Waals surface area (Å²) in [4.78, 5) is 27.8. The first-order valence-electron chi connectivity index (χ1n) is 7.12.